The first-order valence-electron chi connectivity index (χ1n) is 19.1. The predicted molar refractivity (Wildman–Crippen MR) is 220 cm³/mol. The van der Waals surface area contributed by atoms with Gasteiger partial charge in [-0.3, -0.25) is 23.5 Å². The van der Waals surface area contributed by atoms with Gasteiger partial charge < -0.3 is 20.3 Å². The van der Waals surface area contributed by atoms with Crippen LogP contribution in [0.4, 0.5) is 11.4 Å². The Balaban J connectivity index is 1.25. The molecule has 0 fully saturated rings. The first kappa shape index (κ1) is 44.0. The third-order valence-electron chi connectivity index (χ3n) is 10.6. The maximum atomic E-state index is 12.6. The van der Waals surface area contributed by atoms with Crippen LogP contribution in [0, 0.1) is 0 Å². The maximum absolute atomic E-state index is 12.6. The molecule has 0 unspecified atom stereocenters. The fourth-order valence-corrected chi connectivity index (χ4v) is 8.61. The topological polar surface area (TPSA) is 199 Å². The van der Waals surface area contributed by atoms with E-state index in [4.69, 9.17) is 4.74 Å². The fraction of sp³-hybridized carbons (Fsp3) is 0.381. The second-order valence-corrected chi connectivity index (χ2v) is 18.0. The van der Waals surface area contributed by atoms with Gasteiger partial charge in [0.05, 0.1) is 15.2 Å². The number of benzene rings is 3. The number of aldehydes is 1. The normalized spacial score (nSPS) is 16.4. The molecular weight excluding hydrogens is 785 g/mol. The van der Waals surface area contributed by atoms with Gasteiger partial charge in [-0.15, -0.1) is 0 Å². The summed E-state index contributed by atoms with van der Waals surface area (Å²) in [6.45, 7) is 11.5. The number of carbonyl (C=O) groups excluding carboxylic acids is 3. The predicted octanol–water partition coefficient (Wildman–Crippen LogP) is 5.50. The van der Waals surface area contributed by atoms with Gasteiger partial charge in [0.2, 0.25) is 11.6 Å². The van der Waals surface area contributed by atoms with Crippen LogP contribution in [-0.4, -0.2) is 87.1 Å². The Labute approximate surface area is 340 Å². The molecular formula is C42H51N4O10S2+. The van der Waals surface area contributed by atoms with Gasteiger partial charge >= 0.3 is 0 Å². The first-order chi connectivity index (χ1) is 27.3. The smallest absolute Gasteiger partial charge is 0.294 e. The van der Waals surface area contributed by atoms with E-state index in [9.17, 15) is 40.3 Å². The molecule has 0 aromatic heterocycles. The second-order valence-electron chi connectivity index (χ2n) is 15.2. The maximum Gasteiger partial charge on any atom is 0.294 e. The van der Waals surface area contributed by atoms with E-state index in [1.165, 1.54) is 30.3 Å². The Hall–Kier alpha value is -5.16. The van der Waals surface area contributed by atoms with E-state index in [-0.39, 0.29) is 41.3 Å². The highest BCUT2D eigenvalue weighted by Gasteiger charge is 2.45. The van der Waals surface area contributed by atoms with Crippen LogP contribution in [0.3, 0.4) is 0 Å². The number of likely N-dealkylation sites (N-methyl/N-ethyl adjacent to an activating group) is 1. The van der Waals surface area contributed by atoms with E-state index in [1.54, 1.807) is 30.3 Å². The van der Waals surface area contributed by atoms with Crippen LogP contribution in [0.5, 0.6) is 5.75 Å². The Morgan fingerprint density at radius 1 is 0.845 bits per heavy atom. The van der Waals surface area contributed by atoms with E-state index >= 15 is 0 Å². The number of anilines is 1. The monoisotopic (exact) mass is 835 g/mol. The molecule has 2 aliphatic heterocycles. The molecule has 5 rings (SSSR count). The number of ether oxygens (including phenoxy) is 1. The third-order valence-corrected chi connectivity index (χ3v) is 12.3. The van der Waals surface area contributed by atoms with Crippen molar-refractivity contribution in [3.63, 3.8) is 0 Å². The number of fused-ring (bicyclic) bond motifs is 2. The van der Waals surface area contributed by atoms with Gasteiger partial charge in [0.1, 0.15) is 18.9 Å². The number of allylic oxidation sites excluding steroid dienone is 4. The van der Waals surface area contributed by atoms with Crippen LogP contribution < -0.4 is 20.3 Å². The third kappa shape index (κ3) is 9.74. The minimum atomic E-state index is -4.45. The van der Waals surface area contributed by atoms with Crippen LogP contribution in [0.2, 0.25) is 0 Å². The Bertz CT molecular complexity index is 2400. The van der Waals surface area contributed by atoms with E-state index in [0.29, 0.717) is 43.5 Å². The second kappa shape index (κ2) is 17.8. The highest BCUT2D eigenvalue weighted by Crippen LogP contribution is 2.48. The number of rotatable bonds is 18. The standard InChI is InChI=1S/C42H50N4O10S2/c1-6-45-35-19-17-31(57(50,51)52)27-33(35)41(2,3)37(45)14-11-15-38-42(4,5)34-28-32(58(53,54)55)18-20-36(34)46(38)23-9-7-8-16-39(48)43-21-22-44-40(49)29-12-10-13-30(26-29)56-25-24-47/h10-15,17-20,24,26-28H,6-9,16,21-23,25H2,1-5H3,(H3-,43,44,48,49,50,51,52,53,54,55)/p+1. The number of amides is 2. The molecule has 0 saturated heterocycles. The van der Waals surface area contributed by atoms with Gasteiger partial charge in [-0.1, -0.05) is 26.0 Å². The number of unbranched alkanes of at least 4 members (excludes halogenated alkanes) is 2. The zero-order valence-electron chi connectivity index (χ0n) is 33.3. The Morgan fingerprint density at radius 3 is 2.19 bits per heavy atom. The summed E-state index contributed by atoms with van der Waals surface area (Å²) in [5.41, 5.74) is 4.11. The summed E-state index contributed by atoms with van der Waals surface area (Å²) in [6, 6.07) is 15.7. The first-order valence-corrected chi connectivity index (χ1v) is 22.0. The molecule has 4 N–H and O–H groups in total. The molecule has 0 spiro atoms. The molecule has 16 heteroatoms. The van der Waals surface area contributed by atoms with Crippen LogP contribution in [-0.2, 0) is 40.7 Å². The van der Waals surface area contributed by atoms with Crippen molar-refractivity contribution < 1.29 is 49.6 Å². The van der Waals surface area contributed by atoms with E-state index in [0.717, 1.165) is 46.8 Å². The highest BCUT2D eigenvalue weighted by molar-refractivity contribution is 7.86. The molecule has 310 valence electrons. The van der Waals surface area contributed by atoms with Gasteiger partial charge in [-0.25, -0.2) is 0 Å². The number of hydrogen-bond donors (Lipinski definition) is 4. The molecule has 0 atom stereocenters. The minimum absolute atomic E-state index is 0.111. The van der Waals surface area contributed by atoms with Crippen molar-refractivity contribution in [2.75, 3.05) is 37.7 Å². The van der Waals surface area contributed by atoms with Crippen molar-refractivity contribution in [3.8, 4) is 5.75 Å². The lowest BCUT2D eigenvalue weighted by Gasteiger charge is -2.25. The summed E-state index contributed by atoms with van der Waals surface area (Å²) in [5.74, 6) is -0.0665. The molecule has 0 saturated carbocycles. The van der Waals surface area contributed by atoms with Crippen molar-refractivity contribution in [1.29, 1.82) is 0 Å². The summed E-state index contributed by atoms with van der Waals surface area (Å²) >= 11 is 0. The zero-order chi connectivity index (χ0) is 42.5. The molecule has 3 aromatic carbocycles. The summed E-state index contributed by atoms with van der Waals surface area (Å²) in [4.78, 5) is 37.4. The summed E-state index contributed by atoms with van der Waals surface area (Å²) < 4.78 is 75.1. The van der Waals surface area contributed by atoms with E-state index in [1.807, 2.05) is 52.8 Å². The van der Waals surface area contributed by atoms with Gasteiger partial charge in [-0.05, 0) is 93.8 Å². The van der Waals surface area contributed by atoms with Crippen molar-refractivity contribution in [2.45, 2.75) is 80.9 Å². The molecule has 2 aliphatic rings. The Kier molecular flexibility index (Phi) is 13.5. The molecule has 0 aliphatic carbocycles. The number of nitrogens with one attached hydrogen (secondary N) is 2. The summed E-state index contributed by atoms with van der Waals surface area (Å²) in [7, 11) is -8.84. The van der Waals surface area contributed by atoms with Gasteiger partial charge in [0.15, 0.2) is 12.0 Å². The summed E-state index contributed by atoms with van der Waals surface area (Å²) in [6.07, 6.45) is 8.89. The number of carbonyl (C=O) groups is 3. The van der Waals surface area contributed by atoms with Crippen LogP contribution in [0.15, 0.2) is 94.4 Å². The van der Waals surface area contributed by atoms with Crippen molar-refractivity contribution in [2.24, 2.45) is 0 Å². The summed E-state index contributed by atoms with van der Waals surface area (Å²) in [5, 5.41) is 5.58. The van der Waals surface area contributed by atoms with Gasteiger partial charge in [0, 0.05) is 72.5 Å². The lowest BCUT2D eigenvalue weighted by molar-refractivity contribution is -0.438. The number of hydrogen-bond acceptors (Lipinski definition) is 9. The molecule has 3 aromatic rings. The van der Waals surface area contributed by atoms with E-state index < -0.39 is 31.1 Å². The average molecular weight is 836 g/mol. The molecule has 0 radical (unpaired) electrons. The molecule has 2 amide bonds. The van der Waals surface area contributed by atoms with Crippen LogP contribution in [0.1, 0.15) is 81.8 Å². The largest absolute Gasteiger partial charge is 0.486 e. The van der Waals surface area contributed by atoms with Crippen molar-refractivity contribution in [1.82, 2.24) is 10.6 Å². The van der Waals surface area contributed by atoms with Crippen molar-refractivity contribution in [3.05, 3.63) is 101 Å². The van der Waals surface area contributed by atoms with Crippen LogP contribution >= 0.6 is 0 Å². The minimum Gasteiger partial charge on any atom is -0.486 e. The highest BCUT2D eigenvalue weighted by atomic mass is 32.2. The number of nitrogens with zero attached hydrogens (tertiary/aromatic N) is 2. The molecule has 2 heterocycles. The molecule has 0 bridgehead atoms. The lowest BCUT2D eigenvalue weighted by Crippen LogP contribution is -2.34. The fourth-order valence-electron chi connectivity index (χ4n) is 7.60. The van der Waals surface area contributed by atoms with Gasteiger partial charge in [-0.2, -0.15) is 21.4 Å². The van der Waals surface area contributed by atoms with Gasteiger partial charge in [0.25, 0.3) is 26.1 Å². The SMILES string of the molecule is CCN1/C(=C\C=C\C2=[N+](CCCCCC(=O)NCCNC(=O)c3cccc(OCC=O)c3)c3ccc(S(=O)(=O)O)cc3C2(C)C)C(C)(C)c2cc(S(=O)(=O)O)ccc21. The molecule has 14 nitrogen and oxygen atoms in total. The quantitative estimate of drug-likeness (QED) is 0.0546. The van der Waals surface area contributed by atoms with Crippen molar-refractivity contribution >= 4 is 55.4 Å². The zero-order valence-corrected chi connectivity index (χ0v) is 35.0. The Morgan fingerprint density at radius 2 is 1.52 bits per heavy atom. The van der Waals surface area contributed by atoms with Crippen LogP contribution in [0.25, 0.3) is 0 Å². The lowest BCUT2D eigenvalue weighted by atomic mass is 9.81. The van der Waals surface area contributed by atoms with E-state index in [2.05, 4.69) is 20.1 Å². The average Bonchev–Trinajstić information content (AvgIpc) is 3.52. The molecule has 58 heavy (non-hydrogen) atoms.